The van der Waals surface area contributed by atoms with Gasteiger partial charge in [-0.1, -0.05) is 42.5 Å². The van der Waals surface area contributed by atoms with Crippen LogP contribution >= 0.6 is 0 Å². The Bertz CT molecular complexity index is 995. The first-order valence-electron chi connectivity index (χ1n) is 10.2. The molecule has 4 rings (SSSR count). The van der Waals surface area contributed by atoms with Crippen LogP contribution in [0.4, 0.5) is 0 Å². The lowest BCUT2D eigenvalue weighted by molar-refractivity contribution is 0.0609. The maximum atomic E-state index is 13.7. The van der Waals surface area contributed by atoms with E-state index >= 15 is 0 Å². The fourth-order valence-electron chi connectivity index (χ4n) is 4.33. The molecule has 1 unspecified atom stereocenters. The van der Waals surface area contributed by atoms with E-state index < -0.39 is 0 Å². The van der Waals surface area contributed by atoms with Gasteiger partial charge in [-0.15, -0.1) is 0 Å². The van der Waals surface area contributed by atoms with Crippen molar-refractivity contribution in [3.63, 3.8) is 0 Å². The van der Waals surface area contributed by atoms with Crippen LogP contribution in [0, 0.1) is 6.92 Å². The highest BCUT2D eigenvalue weighted by atomic mass is 16.3. The van der Waals surface area contributed by atoms with Gasteiger partial charge in [-0.25, -0.2) is 4.98 Å². The Morgan fingerprint density at radius 2 is 2.00 bits per heavy atom. The first kappa shape index (κ1) is 19.4. The average Bonchev–Trinajstić information content (AvgIpc) is 3.16. The number of fused-ring (bicyclic) bond motifs is 1. The zero-order valence-corrected chi connectivity index (χ0v) is 16.8. The van der Waals surface area contributed by atoms with Crippen molar-refractivity contribution in [1.82, 2.24) is 14.5 Å². The normalized spacial score (nSPS) is 15.7. The van der Waals surface area contributed by atoms with Gasteiger partial charge in [0.1, 0.15) is 5.82 Å². The molecule has 5 nitrogen and oxygen atoms in total. The molecule has 1 amide bonds. The molecule has 0 saturated carbocycles. The SMILES string of the molecule is Cc1nccn1Cc1ccccc1C(=O)N(CCO)C1CCCc2ccccc21. The number of carbonyl (C=O) groups is 1. The summed E-state index contributed by atoms with van der Waals surface area (Å²) in [5.41, 5.74) is 4.17. The molecule has 29 heavy (non-hydrogen) atoms. The molecular formula is C24H27N3O2. The Balaban J connectivity index is 1.68. The summed E-state index contributed by atoms with van der Waals surface area (Å²) in [6.07, 6.45) is 6.72. The van der Waals surface area contributed by atoms with Gasteiger partial charge in [0.25, 0.3) is 5.91 Å². The van der Waals surface area contributed by atoms with Gasteiger partial charge >= 0.3 is 0 Å². The van der Waals surface area contributed by atoms with Crippen LogP contribution in [0.1, 0.15) is 51.8 Å². The van der Waals surface area contributed by atoms with Gasteiger partial charge in [0.05, 0.1) is 12.6 Å². The number of imidazole rings is 1. The summed E-state index contributed by atoms with van der Waals surface area (Å²) >= 11 is 0. The Labute approximate surface area is 171 Å². The maximum Gasteiger partial charge on any atom is 0.254 e. The number of nitrogens with zero attached hydrogens (tertiary/aromatic N) is 3. The lowest BCUT2D eigenvalue weighted by Gasteiger charge is -2.36. The van der Waals surface area contributed by atoms with E-state index in [2.05, 4.69) is 23.2 Å². The Morgan fingerprint density at radius 1 is 1.21 bits per heavy atom. The number of rotatable bonds is 6. The molecule has 0 aliphatic heterocycles. The smallest absolute Gasteiger partial charge is 0.254 e. The lowest BCUT2D eigenvalue weighted by atomic mass is 9.86. The summed E-state index contributed by atoms with van der Waals surface area (Å²) in [5, 5.41) is 9.72. The highest BCUT2D eigenvalue weighted by Crippen LogP contribution is 2.35. The molecule has 2 aromatic carbocycles. The zero-order valence-electron chi connectivity index (χ0n) is 16.8. The first-order valence-corrected chi connectivity index (χ1v) is 10.2. The number of aromatic nitrogens is 2. The average molecular weight is 389 g/mol. The second-order valence-electron chi connectivity index (χ2n) is 7.59. The number of aliphatic hydroxyl groups excluding tert-OH is 1. The number of hydrogen-bond acceptors (Lipinski definition) is 3. The van der Waals surface area contributed by atoms with Crippen molar-refractivity contribution in [2.45, 2.75) is 38.8 Å². The molecule has 1 heterocycles. The van der Waals surface area contributed by atoms with Crippen molar-refractivity contribution in [2.75, 3.05) is 13.2 Å². The standard InChI is InChI=1S/C24H27N3O2/c1-18-25-13-14-26(18)17-20-8-3-5-11-22(20)24(29)27(15-16-28)23-12-6-9-19-7-2-4-10-21(19)23/h2-5,7-8,10-11,13-14,23,28H,6,9,12,15-17H2,1H3. The minimum atomic E-state index is -0.0484. The second kappa shape index (κ2) is 8.62. The van der Waals surface area contributed by atoms with Gasteiger partial charge in [0.15, 0.2) is 0 Å². The van der Waals surface area contributed by atoms with E-state index in [9.17, 15) is 9.90 Å². The molecule has 1 aliphatic carbocycles. The number of amides is 1. The van der Waals surface area contributed by atoms with E-state index in [-0.39, 0.29) is 18.6 Å². The van der Waals surface area contributed by atoms with Crippen molar-refractivity contribution in [2.24, 2.45) is 0 Å². The summed E-state index contributed by atoms with van der Waals surface area (Å²) in [5.74, 6) is 0.898. The molecule has 1 aliphatic rings. The largest absolute Gasteiger partial charge is 0.395 e. The molecule has 0 fully saturated rings. The molecule has 5 heteroatoms. The van der Waals surface area contributed by atoms with E-state index in [4.69, 9.17) is 0 Å². The molecule has 0 bridgehead atoms. The van der Waals surface area contributed by atoms with Gasteiger partial charge < -0.3 is 14.6 Å². The van der Waals surface area contributed by atoms with Crippen LogP contribution in [-0.2, 0) is 13.0 Å². The van der Waals surface area contributed by atoms with Gasteiger partial charge in [0.2, 0.25) is 0 Å². The lowest BCUT2D eigenvalue weighted by Crippen LogP contribution is -2.39. The highest BCUT2D eigenvalue weighted by Gasteiger charge is 2.30. The number of benzene rings is 2. The Kier molecular flexibility index (Phi) is 5.76. The molecule has 0 saturated heterocycles. The molecule has 1 N–H and O–H groups in total. The Morgan fingerprint density at radius 3 is 2.79 bits per heavy atom. The third-order valence-electron chi connectivity index (χ3n) is 5.83. The third-order valence-corrected chi connectivity index (χ3v) is 5.83. The predicted molar refractivity (Wildman–Crippen MR) is 113 cm³/mol. The highest BCUT2D eigenvalue weighted by molar-refractivity contribution is 5.96. The molecule has 0 spiro atoms. The summed E-state index contributed by atoms with van der Waals surface area (Å²) in [7, 11) is 0. The van der Waals surface area contributed by atoms with Crippen molar-refractivity contribution in [3.8, 4) is 0 Å². The fourth-order valence-corrected chi connectivity index (χ4v) is 4.33. The molecular weight excluding hydrogens is 362 g/mol. The van der Waals surface area contributed by atoms with E-state index in [1.807, 2.05) is 52.9 Å². The first-order chi connectivity index (χ1) is 14.2. The number of carbonyl (C=O) groups excluding carboxylic acids is 1. The fraction of sp³-hybridized carbons (Fsp3) is 0.333. The Hall–Kier alpha value is -2.92. The van der Waals surface area contributed by atoms with Crippen LogP contribution in [-0.4, -0.2) is 38.6 Å². The molecule has 0 radical (unpaired) electrons. The van der Waals surface area contributed by atoms with Gasteiger partial charge in [-0.05, 0) is 48.9 Å². The van der Waals surface area contributed by atoms with E-state index in [1.165, 1.54) is 11.1 Å². The number of aliphatic hydroxyl groups is 1. The minimum absolute atomic E-state index is 0.00244. The second-order valence-corrected chi connectivity index (χ2v) is 7.59. The molecule has 1 aromatic heterocycles. The number of aryl methyl sites for hydroxylation is 2. The predicted octanol–water partition coefficient (Wildman–Crippen LogP) is 3.75. The monoisotopic (exact) mass is 389 g/mol. The van der Waals surface area contributed by atoms with Crippen molar-refractivity contribution < 1.29 is 9.90 Å². The summed E-state index contributed by atoms with van der Waals surface area (Å²) in [4.78, 5) is 19.8. The van der Waals surface area contributed by atoms with Crippen LogP contribution in [0.25, 0.3) is 0 Å². The summed E-state index contributed by atoms with van der Waals surface area (Å²) in [6.45, 7) is 2.84. The van der Waals surface area contributed by atoms with Crippen LogP contribution in [0.3, 0.4) is 0 Å². The van der Waals surface area contributed by atoms with Gasteiger partial charge in [-0.3, -0.25) is 4.79 Å². The van der Waals surface area contributed by atoms with Crippen LogP contribution in [0.2, 0.25) is 0 Å². The molecule has 150 valence electrons. The van der Waals surface area contributed by atoms with Crippen molar-refractivity contribution in [3.05, 3.63) is 89.0 Å². The summed E-state index contributed by atoms with van der Waals surface area (Å²) < 4.78 is 2.04. The molecule has 1 atom stereocenters. The van der Waals surface area contributed by atoms with Crippen molar-refractivity contribution in [1.29, 1.82) is 0 Å². The zero-order chi connectivity index (χ0) is 20.2. The summed E-state index contributed by atoms with van der Waals surface area (Å²) in [6, 6.07) is 16.1. The molecule has 3 aromatic rings. The topological polar surface area (TPSA) is 58.4 Å². The third kappa shape index (κ3) is 3.96. The van der Waals surface area contributed by atoms with Crippen LogP contribution in [0.15, 0.2) is 60.9 Å². The maximum absolute atomic E-state index is 13.7. The quantitative estimate of drug-likeness (QED) is 0.698. The number of hydrogen-bond donors (Lipinski definition) is 1. The van der Waals surface area contributed by atoms with Gasteiger partial charge in [0, 0.05) is 31.0 Å². The van der Waals surface area contributed by atoms with E-state index in [0.29, 0.717) is 18.7 Å². The van der Waals surface area contributed by atoms with Crippen molar-refractivity contribution >= 4 is 5.91 Å². The van der Waals surface area contributed by atoms with Gasteiger partial charge in [-0.2, -0.15) is 0 Å². The van der Waals surface area contributed by atoms with Crippen LogP contribution < -0.4 is 0 Å². The van der Waals surface area contributed by atoms with E-state index in [0.717, 1.165) is 30.7 Å². The van der Waals surface area contributed by atoms with E-state index in [1.54, 1.807) is 6.20 Å². The minimum Gasteiger partial charge on any atom is -0.395 e. The van der Waals surface area contributed by atoms with Crippen LogP contribution in [0.5, 0.6) is 0 Å².